The van der Waals surface area contributed by atoms with E-state index in [2.05, 4.69) is 15.2 Å². The van der Waals surface area contributed by atoms with Crippen molar-refractivity contribution in [2.45, 2.75) is 44.7 Å². The normalized spacial score (nSPS) is 24.2. The number of hydrogen-bond donors (Lipinski definition) is 1. The van der Waals surface area contributed by atoms with Gasteiger partial charge in [-0.1, -0.05) is 6.42 Å². The summed E-state index contributed by atoms with van der Waals surface area (Å²) in [5.74, 6) is 0.431. The van der Waals surface area contributed by atoms with Crippen molar-refractivity contribution in [1.82, 2.24) is 19.8 Å². The van der Waals surface area contributed by atoms with Crippen molar-refractivity contribution in [3.8, 4) is 0 Å². The van der Waals surface area contributed by atoms with Gasteiger partial charge in [-0.3, -0.25) is 14.2 Å². The van der Waals surface area contributed by atoms with Gasteiger partial charge in [0.2, 0.25) is 5.91 Å². The number of carbonyl (C=O) groups is 1. The number of nitrogens with zero attached hydrogens (tertiary/aromatic N) is 3. The number of carbonyl (C=O) groups excluding carboxylic acids is 1. The standard InChI is InChI=1S/C18H24N4O2S/c23-16(11-22-12-20-14-6-9-25-17(14)18(22)24)19-10-13-4-3-8-21-7-2-1-5-15(13)21/h6,9,12-13,15H,1-5,7-8,10-11H2,(H,19,23)/t13-,15-/m1/s1. The topological polar surface area (TPSA) is 67.2 Å². The third-order valence-electron chi connectivity index (χ3n) is 5.54. The lowest BCUT2D eigenvalue weighted by atomic mass is 9.83. The van der Waals surface area contributed by atoms with E-state index in [4.69, 9.17) is 0 Å². The first-order valence-corrected chi connectivity index (χ1v) is 10.0. The molecule has 2 aromatic rings. The fraction of sp³-hybridized carbons (Fsp3) is 0.611. The van der Waals surface area contributed by atoms with Crippen LogP contribution < -0.4 is 10.9 Å². The van der Waals surface area contributed by atoms with Crippen LogP contribution in [0.4, 0.5) is 0 Å². The third-order valence-corrected chi connectivity index (χ3v) is 6.43. The lowest BCUT2D eigenvalue weighted by Gasteiger charge is -2.44. The summed E-state index contributed by atoms with van der Waals surface area (Å²) in [6.45, 7) is 3.16. The van der Waals surface area contributed by atoms with Crippen LogP contribution in [-0.2, 0) is 11.3 Å². The molecule has 2 fully saturated rings. The number of rotatable bonds is 4. The molecule has 134 valence electrons. The van der Waals surface area contributed by atoms with Crippen molar-refractivity contribution in [3.63, 3.8) is 0 Å². The second-order valence-corrected chi connectivity index (χ2v) is 8.03. The Bertz CT molecular complexity index is 813. The Morgan fingerprint density at radius 3 is 3.08 bits per heavy atom. The van der Waals surface area contributed by atoms with E-state index in [1.165, 1.54) is 67.4 Å². The van der Waals surface area contributed by atoms with E-state index in [0.29, 0.717) is 28.7 Å². The monoisotopic (exact) mass is 360 g/mol. The summed E-state index contributed by atoms with van der Waals surface area (Å²) >= 11 is 1.37. The molecule has 0 aromatic carbocycles. The Hall–Kier alpha value is -1.73. The molecule has 7 heteroatoms. The molecule has 4 rings (SSSR count). The molecule has 2 atom stereocenters. The molecular formula is C18H24N4O2S. The molecule has 2 aromatic heterocycles. The van der Waals surface area contributed by atoms with E-state index in [0.717, 1.165) is 0 Å². The van der Waals surface area contributed by atoms with E-state index in [9.17, 15) is 9.59 Å². The molecule has 0 spiro atoms. The van der Waals surface area contributed by atoms with Gasteiger partial charge in [0.1, 0.15) is 11.2 Å². The van der Waals surface area contributed by atoms with Crippen molar-refractivity contribution < 1.29 is 4.79 Å². The molecule has 6 nitrogen and oxygen atoms in total. The maximum Gasteiger partial charge on any atom is 0.271 e. The van der Waals surface area contributed by atoms with Gasteiger partial charge in [0.25, 0.3) is 5.56 Å². The van der Waals surface area contributed by atoms with Crippen molar-refractivity contribution in [1.29, 1.82) is 0 Å². The van der Waals surface area contributed by atoms with Crippen LogP contribution >= 0.6 is 11.3 Å². The zero-order chi connectivity index (χ0) is 17.2. The quantitative estimate of drug-likeness (QED) is 0.903. The van der Waals surface area contributed by atoms with E-state index in [1.54, 1.807) is 0 Å². The fourth-order valence-electron chi connectivity index (χ4n) is 4.26. The Labute approximate surface area is 150 Å². The lowest BCUT2D eigenvalue weighted by Crippen LogP contribution is -2.51. The second-order valence-electron chi connectivity index (χ2n) is 7.12. The number of amides is 1. The molecule has 2 aliphatic rings. The summed E-state index contributed by atoms with van der Waals surface area (Å²) in [6.07, 6.45) is 7.73. The number of thiophene rings is 1. The minimum absolute atomic E-state index is 0.0424. The van der Waals surface area contributed by atoms with Crippen LogP contribution in [0.15, 0.2) is 22.6 Å². The van der Waals surface area contributed by atoms with Crippen LogP contribution in [0.5, 0.6) is 0 Å². The molecule has 2 aliphatic heterocycles. The number of hydrogen-bond acceptors (Lipinski definition) is 5. The predicted molar refractivity (Wildman–Crippen MR) is 98.8 cm³/mol. The highest BCUT2D eigenvalue weighted by molar-refractivity contribution is 7.17. The average Bonchev–Trinajstić information content (AvgIpc) is 3.12. The number of nitrogens with one attached hydrogen (secondary N) is 1. The summed E-state index contributed by atoms with van der Waals surface area (Å²) in [4.78, 5) is 31.5. The molecule has 1 amide bonds. The van der Waals surface area contributed by atoms with E-state index in [-0.39, 0.29) is 18.0 Å². The lowest BCUT2D eigenvalue weighted by molar-refractivity contribution is -0.122. The van der Waals surface area contributed by atoms with Gasteiger partial charge in [-0.2, -0.15) is 0 Å². The molecule has 4 heterocycles. The van der Waals surface area contributed by atoms with Gasteiger partial charge in [-0.05, 0) is 56.1 Å². The zero-order valence-corrected chi connectivity index (χ0v) is 15.1. The minimum atomic E-state index is -0.133. The van der Waals surface area contributed by atoms with E-state index < -0.39 is 0 Å². The summed E-state index contributed by atoms with van der Waals surface area (Å²) in [5.41, 5.74) is 0.567. The van der Waals surface area contributed by atoms with Crippen molar-refractivity contribution in [2.75, 3.05) is 19.6 Å². The smallest absolute Gasteiger partial charge is 0.271 e. The SMILES string of the molecule is O=C(Cn1cnc2ccsc2c1=O)NC[C@H]1CCCN2CCCC[C@H]12. The first-order chi connectivity index (χ1) is 12.2. The maximum absolute atomic E-state index is 12.4. The predicted octanol–water partition coefficient (Wildman–Crippen LogP) is 1.84. The summed E-state index contributed by atoms with van der Waals surface area (Å²) in [5, 5.41) is 4.90. The largest absolute Gasteiger partial charge is 0.354 e. The zero-order valence-electron chi connectivity index (χ0n) is 14.3. The van der Waals surface area contributed by atoms with Crippen molar-refractivity contribution >= 4 is 27.5 Å². The molecular weight excluding hydrogens is 336 g/mol. The average molecular weight is 360 g/mol. The Balaban J connectivity index is 1.37. The minimum Gasteiger partial charge on any atom is -0.354 e. The van der Waals surface area contributed by atoms with Gasteiger partial charge in [-0.25, -0.2) is 4.98 Å². The summed E-state index contributed by atoms with van der Waals surface area (Å²) in [7, 11) is 0. The Morgan fingerprint density at radius 1 is 1.28 bits per heavy atom. The van der Waals surface area contributed by atoms with Crippen LogP contribution in [0.25, 0.3) is 10.2 Å². The first-order valence-electron chi connectivity index (χ1n) is 9.16. The highest BCUT2D eigenvalue weighted by Crippen LogP contribution is 2.30. The molecule has 0 aliphatic carbocycles. The molecule has 25 heavy (non-hydrogen) atoms. The number of aromatic nitrogens is 2. The first kappa shape index (κ1) is 16.7. The van der Waals surface area contributed by atoms with E-state index in [1.807, 2.05) is 11.4 Å². The van der Waals surface area contributed by atoms with Gasteiger partial charge >= 0.3 is 0 Å². The molecule has 0 saturated carbocycles. The Kier molecular flexibility index (Phi) is 4.85. The van der Waals surface area contributed by atoms with Gasteiger partial charge in [0.15, 0.2) is 0 Å². The summed E-state index contributed by atoms with van der Waals surface area (Å²) in [6, 6.07) is 2.44. The molecule has 0 unspecified atom stereocenters. The molecule has 0 radical (unpaired) electrons. The van der Waals surface area contributed by atoms with Crippen LogP contribution in [0.1, 0.15) is 32.1 Å². The Morgan fingerprint density at radius 2 is 2.16 bits per heavy atom. The summed E-state index contributed by atoms with van der Waals surface area (Å²) < 4.78 is 2.02. The van der Waals surface area contributed by atoms with E-state index >= 15 is 0 Å². The van der Waals surface area contributed by atoms with Gasteiger partial charge < -0.3 is 10.2 Å². The highest BCUT2D eigenvalue weighted by Gasteiger charge is 2.32. The van der Waals surface area contributed by atoms with Gasteiger partial charge in [0, 0.05) is 12.6 Å². The molecule has 1 N–H and O–H groups in total. The highest BCUT2D eigenvalue weighted by atomic mass is 32.1. The van der Waals surface area contributed by atoms with Gasteiger partial charge in [-0.15, -0.1) is 11.3 Å². The van der Waals surface area contributed by atoms with Gasteiger partial charge in [0.05, 0.1) is 11.8 Å². The number of piperidine rings is 2. The number of fused-ring (bicyclic) bond motifs is 2. The van der Waals surface area contributed by atoms with Crippen LogP contribution in [-0.4, -0.2) is 46.0 Å². The van der Waals surface area contributed by atoms with Crippen LogP contribution in [0, 0.1) is 5.92 Å². The third kappa shape index (κ3) is 3.48. The van der Waals surface area contributed by atoms with Crippen LogP contribution in [0.2, 0.25) is 0 Å². The van der Waals surface area contributed by atoms with Crippen LogP contribution in [0.3, 0.4) is 0 Å². The van der Waals surface area contributed by atoms with Crippen molar-refractivity contribution in [2.24, 2.45) is 5.92 Å². The second kappa shape index (κ2) is 7.25. The molecule has 2 saturated heterocycles. The molecule has 0 bridgehead atoms. The maximum atomic E-state index is 12.4. The van der Waals surface area contributed by atoms with Crippen molar-refractivity contribution in [3.05, 3.63) is 28.1 Å². The fourth-order valence-corrected chi connectivity index (χ4v) is 5.06.